The average molecular weight is 895 g/mol. The monoisotopic (exact) mass is 894 g/mol. The maximum absolute atomic E-state index is 7.66. The largest absolute Gasteiger partial charge is 0.454 e. The van der Waals surface area contributed by atoms with Gasteiger partial charge in [0.1, 0.15) is 22.9 Å². The molecular weight excluding hydrogens is 863 g/mol. The van der Waals surface area contributed by atoms with Crippen molar-refractivity contribution < 1.29 is 9.47 Å². The second kappa shape index (κ2) is 12.4. The van der Waals surface area contributed by atoms with E-state index in [-0.39, 0.29) is 0 Å². The fourth-order valence-electron chi connectivity index (χ4n) is 11.2. The van der Waals surface area contributed by atoms with Crippen LogP contribution in [-0.2, 0) is 23.6 Å². The molecule has 0 radical (unpaired) electrons. The molecule has 0 aromatic heterocycles. The van der Waals surface area contributed by atoms with Crippen LogP contribution in [0.25, 0.3) is 0 Å². The maximum Gasteiger partial charge on any atom is 0.163 e. The number of hydrogen-bond donors (Lipinski definition) is 0. The molecule has 6 aliphatic heterocycles. The van der Waals surface area contributed by atoms with E-state index in [0.29, 0.717) is 0 Å². The highest BCUT2D eigenvalue weighted by Crippen LogP contribution is 2.74. The van der Waals surface area contributed by atoms with Gasteiger partial charge in [0.15, 0.2) is 11.5 Å². The Morgan fingerprint density at radius 3 is 0.906 bits per heavy atom. The third-order valence-corrected chi connectivity index (χ3v) is 23.2. The first-order valence-electron chi connectivity index (χ1n) is 21.3. The van der Waals surface area contributed by atoms with Crippen LogP contribution in [0.4, 0.5) is 68.2 Å². The summed E-state index contributed by atoms with van der Waals surface area (Å²) in [6, 6.07) is 62.8. The van der Waals surface area contributed by atoms with Crippen molar-refractivity contribution in [2.24, 2.45) is 0 Å². The number of anilines is 12. The van der Waals surface area contributed by atoms with E-state index in [1.54, 1.807) is 0 Å². The van der Waals surface area contributed by atoms with Crippen LogP contribution in [0.1, 0.15) is 0 Å². The number of benzene rings is 9. The lowest BCUT2D eigenvalue weighted by molar-refractivity contribution is 0.478. The van der Waals surface area contributed by atoms with Gasteiger partial charge in [0.05, 0.1) is 67.4 Å². The van der Waals surface area contributed by atoms with Crippen molar-refractivity contribution in [3.8, 4) is 23.0 Å². The molecule has 6 nitrogen and oxygen atoms in total. The Hall–Kier alpha value is -6.92. The molecule has 0 spiro atoms. The van der Waals surface area contributed by atoms with Gasteiger partial charge in [0.25, 0.3) is 0 Å². The van der Waals surface area contributed by atoms with Gasteiger partial charge in [-0.3, -0.25) is 0 Å². The molecule has 9 aromatic carbocycles. The molecule has 2 unspecified atom stereocenters. The molecule has 0 fully saturated rings. The normalized spacial score (nSPS) is 19.0. The molecule has 0 aliphatic carbocycles. The van der Waals surface area contributed by atoms with Crippen LogP contribution in [0.2, 0.25) is 0 Å². The highest BCUT2D eigenvalue weighted by atomic mass is 32.4. The molecule has 302 valence electrons. The van der Waals surface area contributed by atoms with Crippen LogP contribution in [0.15, 0.2) is 194 Å². The van der Waals surface area contributed by atoms with E-state index in [4.69, 9.17) is 33.1 Å². The third kappa shape index (κ3) is 4.15. The Bertz CT molecular complexity index is 3420. The van der Waals surface area contributed by atoms with Crippen LogP contribution < -0.4 is 60.9 Å². The van der Waals surface area contributed by atoms with Crippen molar-refractivity contribution in [3.05, 3.63) is 194 Å². The first kappa shape index (κ1) is 35.5. The molecular formula is C54H32N4O2P2S2. The summed E-state index contributed by atoms with van der Waals surface area (Å²) in [5.41, 5.74) is 12.3. The predicted octanol–water partition coefficient (Wildman–Crippen LogP) is 12.5. The molecule has 0 bridgehead atoms. The fourth-order valence-corrected chi connectivity index (χ4v) is 21.5. The summed E-state index contributed by atoms with van der Waals surface area (Å²) in [7, 11) is 0. The maximum atomic E-state index is 7.66. The van der Waals surface area contributed by atoms with E-state index in [0.717, 1.165) is 123 Å². The van der Waals surface area contributed by atoms with E-state index in [1.165, 1.54) is 0 Å². The van der Waals surface area contributed by atoms with Crippen LogP contribution in [0.5, 0.6) is 23.0 Å². The summed E-state index contributed by atoms with van der Waals surface area (Å²) < 4.78 is 15.3. The van der Waals surface area contributed by atoms with Gasteiger partial charge in [-0.15, -0.1) is 0 Å². The van der Waals surface area contributed by atoms with Crippen molar-refractivity contribution >= 4 is 136 Å². The van der Waals surface area contributed by atoms with Crippen molar-refractivity contribution in [2.45, 2.75) is 0 Å². The number of rotatable bonds is 4. The zero-order valence-corrected chi connectivity index (χ0v) is 37.2. The molecule has 0 N–H and O–H groups in total. The van der Waals surface area contributed by atoms with Crippen molar-refractivity contribution in [2.75, 3.05) is 19.6 Å². The van der Waals surface area contributed by atoms with Crippen molar-refractivity contribution in [1.29, 1.82) is 0 Å². The SMILES string of the molecule is S=P12c3c4cccc3N(c3ccccc3)c3cccc(c31)N(c1ccccc1)c1c3c5c(c(c12)O4)N(c1ccccc1)c1cccc2c1P5(=S)c1c(cccc1N2c1ccccc1)O3. The Kier molecular flexibility index (Phi) is 6.89. The number of para-hydroxylation sites is 4. The lowest BCUT2D eigenvalue weighted by atomic mass is 10.1. The van der Waals surface area contributed by atoms with Crippen LogP contribution in [-0.4, -0.2) is 0 Å². The van der Waals surface area contributed by atoms with E-state index in [2.05, 4.69) is 214 Å². The minimum absolute atomic E-state index is 0.760. The molecule has 10 heteroatoms. The Morgan fingerprint density at radius 1 is 0.281 bits per heavy atom. The van der Waals surface area contributed by atoms with Gasteiger partial charge in [0, 0.05) is 33.4 Å². The zero-order valence-electron chi connectivity index (χ0n) is 33.8. The molecule has 2 atom stereocenters. The summed E-state index contributed by atoms with van der Waals surface area (Å²) in [6.45, 7) is 0. The van der Waals surface area contributed by atoms with Gasteiger partial charge in [-0.25, -0.2) is 0 Å². The number of ether oxygens (including phenoxy) is 2. The Balaban J connectivity index is 1.15. The summed E-state index contributed by atoms with van der Waals surface area (Å²) in [5.74, 6) is 3.09. The van der Waals surface area contributed by atoms with Crippen molar-refractivity contribution in [3.63, 3.8) is 0 Å². The topological polar surface area (TPSA) is 31.4 Å². The molecule has 0 saturated heterocycles. The van der Waals surface area contributed by atoms with Gasteiger partial charge in [0.2, 0.25) is 0 Å². The van der Waals surface area contributed by atoms with Gasteiger partial charge in [-0.05, 0) is 97.1 Å². The van der Waals surface area contributed by atoms with Crippen LogP contribution >= 0.6 is 12.1 Å². The summed E-state index contributed by atoms with van der Waals surface area (Å²) in [6.07, 6.45) is 0. The Morgan fingerprint density at radius 2 is 0.562 bits per heavy atom. The molecule has 6 heterocycles. The first-order valence-corrected chi connectivity index (χ1v) is 26.9. The molecule has 64 heavy (non-hydrogen) atoms. The standard InChI is InChI=1S/C54H32N4O2P2S2/c63-61-49-37-25-13-27-39(49)57(35-21-9-3-10-22-35)45-48-54-46(47(53(45)61)59-43-31-15-29-41(51(43)61)55(37)33-17-5-1-6-18-33)58(36-23-11-4-12-24-36)40-28-14-26-38-50(40)62(54,64)52-42(30-16-32-44(52)60-48)56(38)34-19-7-2-8-20-34/h1-32H. The van der Waals surface area contributed by atoms with Gasteiger partial charge < -0.3 is 29.1 Å². The molecule has 0 amide bonds. The molecule has 6 aliphatic rings. The average Bonchev–Trinajstić information content (AvgIpc) is 3.34. The zero-order chi connectivity index (χ0) is 42.1. The van der Waals surface area contributed by atoms with Crippen LogP contribution in [0, 0.1) is 0 Å². The minimum Gasteiger partial charge on any atom is -0.454 e. The van der Waals surface area contributed by atoms with Gasteiger partial charge in [-0.1, -0.05) is 121 Å². The number of hydrogen-bond acceptors (Lipinski definition) is 8. The smallest absolute Gasteiger partial charge is 0.163 e. The fraction of sp³-hybridized carbons (Fsp3) is 0. The van der Waals surface area contributed by atoms with Gasteiger partial charge in [-0.2, -0.15) is 0 Å². The summed E-state index contributed by atoms with van der Waals surface area (Å²) in [5, 5.41) is 6.40. The molecule has 15 rings (SSSR count). The molecule has 9 aromatic rings. The summed E-state index contributed by atoms with van der Waals surface area (Å²) in [4.78, 5) is 9.54. The number of fused-ring (bicyclic) bond motifs is 2. The molecule has 0 saturated carbocycles. The van der Waals surface area contributed by atoms with Gasteiger partial charge >= 0.3 is 0 Å². The number of nitrogens with zero attached hydrogens (tertiary/aromatic N) is 4. The third-order valence-electron chi connectivity index (χ3n) is 13.5. The second-order valence-electron chi connectivity index (χ2n) is 16.7. The van der Waals surface area contributed by atoms with E-state index >= 15 is 0 Å². The predicted molar refractivity (Wildman–Crippen MR) is 272 cm³/mol. The highest BCUT2D eigenvalue weighted by molar-refractivity contribution is 8.27. The highest BCUT2D eigenvalue weighted by Gasteiger charge is 2.58. The van der Waals surface area contributed by atoms with E-state index in [9.17, 15) is 0 Å². The summed E-state index contributed by atoms with van der Waals surface area (Å²) >= 11 is 15.1. The Labute approximate surface area is 379 Å². The lowest BCUT2D eigenvalue weighted by Crippen LogP contribution is -2.50. The van der Waals surface area contributed by atoms with Crippen molar-refractivity contribution in [1.82, 2.24) is 0 Å². The minimum atomic E-state index is -2.95. The first-order chi connectivity index (χ1) is 31.6. The van der Waals surface area contributed by atoms with Crippen LogP contribution in [0.3, 0.4) is 0 Å². The lowest BCUT2D eigenvalue weighted by Gasteiger charge is -2.53. The quantitative estimate of drug-likeness (QED) is 0.162. The van der Waals surface area contributed by atoms with E-state index in [1.807, 2.05) is 0 Å². The van der Waals surface area contributed by atoms with E-state index < -0.39 is 12.1 Å². The second-order valence-corrected chi connectivity index (χ2v) is 25.1.